The number of piperazine rings is 1. The quantitative estimate of drug-likeness (QED) is 0.330. The zero-order chi connectivity index (χ0) is 19.8. The smallest absolute Gasteiger partial charge is 0.236 e. The van der Waals surface area contributed by atoms with Crippen LogP contribution in [0.2, 0.25) is 0 Å². The Morgan fingerprint density at radius 1 is 1.17 bits per heavy atom. The highest BCUT2D eigenvalue weighted by molar-refractivity contribution is 14.0. The van der Waals surface area contributed by atoms with Gasteiger partial charge in [-0.15, -0.1) is 24.0 Å². The molecule has 164 valence electrons. The second kappa shape index (κ2) is 12.3. The molecule has 1 N–H and O–H groups in total. The number of rotatable bonds is 6. The molecule has 3 rings (SSSR count). The van der Waals surface area contributed by atoms with Crippen LogP contribution in [-0.4, -0.2) is 108 Å². The minimum atomic E-state index is 0. The van der Waals surface area contributed by atoms with Gasteiger partial charge in [0.25, 0.3) is 0 Å². The predicted octanol–water partition coefficient (Wildman–Crippen LogP) is 0.251. The number of hydrogen-bond donors (Lipinski definition) is 1. The van der Waals surface area contributed by atoms with Crippen molar-refractivity contribution in [3.63, 3.8) is 0 Å². The molecule has 0 spiro atoms. The molecule has 2 fully saturated rings. The normalized spacial score (nSPS) is 18.5. The van der Waals surface area contributed by atoms with Gasteiger partial charge in [0.15, 0.2) is 5.96 Å². The lowest BCUT2D eigenvalue weighted by Crippen LogP contribution is -2.55. The first-order valence-electron chi connectivity index (χ1n) is 10.3. The van der Waals surface area contributed by atoms with Gasteiger partial charge in [-0.1, -0.05) is 0 Å². The number of amides is 1. The lowest BCUT2D eigenvalue weighted by atomic mass is 10.3. The number of hydrogen-bond acceptors (Lipinski definition) is 5. The second-order valence-electron chi connectivity index (χ2n) is 7.27. The van der Waals surface area contributed by atoms with Crippen LogP contribution in [0.3, 0.4) is 0 Å². The summed E-state index contributed by atoms with van der Waals surface area (Å²) in [5.74, 6) is 1.16. The fourth-order valence-corrected chi connectivity index (χ4v) is 3.50. The lowest BCUT2D eigenvalue weighted by Gasteiger charge is -2.37. The van der Waals surface area contributed by atoms with E-state index in [1.165, 1.54) is 5.56 Å². The number of carbonyl (C=O) groups excluding carboxylic acids is 1. The molecule has 2 saturated heterocycles. The fourth-order valence-electron chi connectivity index (χ4n) is 3.50. The average Bonchev–Trinajstić information content (AvgIpc) is 3.14. The number of aromatic nitrogens is 2. The van der Waals surface area contributed by atoms with Crippen LogP contribution in [0, 0.1) is 6.92 Å². The number of morpholine rings is 1. The first-order valence-corrected chi connectivity index (χ1v) is 10.3. The number of carbonyl (C=O) groups is 1. The molecule has 1 aromatic rings. The van der Waals surface area contributed by atoms with Gasteiger partial charge in [-0.2, -0.15) is 5.10 Å². The van der Waals surface area contributed by atoms with E-state index in [0.717, 1.165) is 45.2 Å². The maximum atomic E-state index is 12.4. The van der Waals surface area contributed by atoms with Crippen LogP contribution in [-0.2, 0) is 16.1 Å². The highest BCUT2D eigenvalue weighted by Gasteiger charge is 2.24. The third kappa shape index (κ3) is 7.41. The molecule has 0 saturated carbocycles. The predicted molar refractivity (Wildman–Crippen MR) is 124 cm³/mol. The molecule has 1 amide bonds. The van der Waals surface area contributed by atoms with E-state index in [1.807, 2.05) is 28.9 Å². The first kappa shape index (κ1) is 23.9. The van der Waals surface area contributed by atoms with E-state index in [2.05, 4.69) is 27.1 Å². The van der Waals surface area contributed by atoms with Gasteiger partial charge in [-0.25, -0.2) is 0 Å². The summed E-state index contributed by atoms with van der Waals surface area (Å²) < 4.78 is 7.25. The van der Waals surface area contributed by atoms with Crippen LogP contribution in [0.15, 0.2) is 17.4 Å². The van der Waals surface area contributed by atoms with Crippen molar-refractivity contribution in [3.8, 4) is 0 Å². The second-order valence-corrected chi connectivity index (χ2v) is 7.27. The van der Waals surface area contributed by atoms with E-state index < -0.39 is 0 Å². The summed E-state index contributed by atoms with van der Waals surface area (Å²) in [5.41, 5.74) is 1.17. The summed E-state index contributed by atoms with van der Waals surface area (Å²) >= 11 is 0. The Bertz CT molecular complexity index is 653. The zero-order valence-electron chi connectivity index (χ0n) is 17.5. The summed E-state index contributed by atoms with van der Waals surface area (Å²) in [5, 5.41) is 7.70. The fraction of sp³-hybridized carbons (Fsp3) is 0.737. The number of guanidine groups is 1. The van der Waals surface area contributed by atoms with Crippen LogP contribution in [0.5, 0.6) is 0 Å². The largest absolute Gasteiger partial charge is 0.378 e. The van der Waals surface area contributed by atoms with Crippen LogP contribution in [0.4, 0.5) is 0 Å². The van der Waals surface area contributed by atoms with E-state index in [-0.39, 0.29) is 29.9 Å². The van der Waals surface area contributed by atoms with Crippen LogP contribution in [0.25, 0.3) is 0 Å². The van der Waals surface area contributed by atoms with Gasteiger partial charge in [0.05, 0.1) is 39.0 Å². The number of ether oxygens (including phenoxy) is 1. The van der Waals surface area contributed by atoms with Crippen molar-refractivity contribution in [2.75, 3.05) is 72.1 Å². The van der Waals surface area contributed by atoms with Gasteiger partial charge in [0.1, 0.15) is 0 Å². The minimum absolute atomic E-state index is 0. The Morgan fingerprint density at radius 3 is 2.52 bits per heavy atom. The molecule has 2 aliphatic heterocycles. The monoisotopic (exact) mass is 519 g/mol. The molecule has 2 aliphatic rings. The SMILES string of the molecule is CCNC(=NCCn1cc(C)cn1)N1CCN(CC(=O)N2CCOCC2)CC1.I. The van der Waals surface area contributed by atoms with Crippen molar-refractivity contribution in [1.82, 2.24) is 29.8 Å². The van der Waals surface area contributed by atoms with Crippen molar-refractivity contribution >= 4 is 35.8 Å². The van der Waals surface area contributed by atoms with Crippen molar-refractivity contribution in [1.29, 1.82) is 0 Å². The minimum Gasteiger partial charge on any atom is -0.378 e. The standard InChI is InChI=1S/C19H33N7O2.HI/c1-3-20-19(21-4-5-26-15-17(2)14-22-26)25-8-6-23(7-9-25)16-18(27)24-10-12-28-13-11-24;/h14-15H,3-13,16H2,1-2H3,(H,20,21);1H. The molecule has 0 bridgehead atoms. The molecule has 0 aromatic carbocycles. The van der Waals surface area contributed by atoms with Crippen LogP contribution in [0.1, 0.15) is 12.5 Å². The Labute approximate surface area is 190 Å². The highest BCUT2D eigenvalue weighted by atomic mass is 127. The number of nitrogens with one attached hydrogen (secondary N) is 1. The Hall–Kier alpha value is -1.40. The van der Waals surface area contributed by atoms with E-state index in [9.17, 15) is 4.79 Å². The van der Waals surface area contributed by atoms with Crippen molar-refractivity contribution in [2.45, 2.75) is 20.4 Å². The van der Waals surface area contributed by atoms with E-state index in [0.29, 0.717) is 39.4 Å². The molecule has 1 aromatic heterocycles. The number of nitrogens with zero attached hydrogens (tertiary/aromatic N) is 6. The molecule has 0 atom stereocenters. The van der Waals surface area contributed by atoms with Gasteiger partial charge < -0.3 is 19.9 Å². The Balaban J connectivity index is 0.00000300. The maximum absolute atomic E-state index is 12.4. The van der Waals surface area contributed by atoms with Gasteiger partial charge >= 0.3 is 0 Å². The van der Waals surface area contributed by atoms with Crippen molar-refractivity contribution < 1.29 is 9.53 Å². The lowest BCUT2D eigenvalue weighted by molar-refractivity contribution is -0.136. The molecule has 0 radical (unpaired) electrons. The van der Waals surface area contributed by atoms with Crippen molar-refractivity contribution in [3.05, 3.63) is 18.0 Å². The zero-order valence-corrected chi connectivity index (χ0v) is 19.9. The number of aryl methyl sites for hydroxylation is 1. The first-order chi connectivity index (χ1) is 13.7. The number of aliphatic imine (C=N–C) groups is 1. The summed E-state index contributed by atoms with van der Waals surface area (Å²) in [6.07, 6.45) is 3.90. The molecule has 9 nitrogen and oxygen atoms in total. The summed E-state index contributed by atoms with van der Waals surface area (Å²) in [6.45, 7) is 13.2. The summed E-state index contributed by atoms with van der Waals surface area (Å²) in [6, 6.07) is 0. The van der Waals surface area contributed by atoms with Crippen molar-refractivity contribution in [2.24, 2.45) is 4.99 Å². The molecule has 10 heteroatoms. The maximum Gasteiger partial charge on any atom is 0.236 e. The summed E-state index contributed by atoms with van der Waals surface area (Å²) in [7, 11) is 0. The van der Waals surface area contributed by atoms with Crippen LogP contribution < -0.4 is 5.32 Å². The summed E-state index contributed by atoms with van der Waals surface area (Å²) in [4.78, 5) is 23.6. The topological polar surface area (TPSA) is 78.2 Å². The van der Waals surface area contributed by atoms with Gasteiger partial charge in [-0.05, 0) is 19.4 Å². The highest BCUT2D eigenvalue weighted by Crippen LogP contribution is 2.05. The molecule has 0 aliphatic carbocycles. The molecule has 29 heavy (non-hydrogen) atoms. The number of halogens is 1. The van der Waals surface area contributed by atoms with Gasteiger partial charge in [0, 0.05) is 52.0 Å². The molecular weight excluding hydrogens is 485 g/mol. The third-order valence-corrected chi connectivity index (χ3v) is 5.08. The van der Waals surface area contributed by atoms with E-state index in [4.69, 9.17) is 9.73 Å². The molecule has 3 heterocycles. The Kier molecular flexibility index (Phi) is 10.2. The van der Waals surface area contributed by atoms with Gasteiger partial charge in [0.2, 0.25) is 5.91 Å². The Morgan fingerprint density at radius 2 is 1.90 bits per heavy atom. The molecular formula is C19H34IN7O2. The third-order valence-electron chi connectivity index (χ3n) is 5.08. The average molecular weight is 519 g/mol. The van der Waals surface area contributed by atoms with Gasteiger partial charge in [-0.3, -0.25) is 19.4 Å². The van der Waals surface area contributed by atoms with E-state index >= 15 is 0 Å². The van der Waals surface area contributed by atoms with Crippen LogP contribution >= 0.6 is 24.0 Å². The van der Waals surface area contributed by atoms with E-state index in [1.54, 1.807) is 0 Å². The molecule has 0 unspecified atom stereocenters.